The molecule has 0 aromatic heterocycles. The average Bonchev–Trinajstić information content (AvgIpc) is 3.27. The van der Waals surface area contributed by atoms with E-state index in [-0.39, 0.29) is 41.1 Å². The molecule has 5 nitrogen and oxygen atoms in total. The zero-order chi connectivity index (χ0) is 27.5. The van der Waals surface area contributed by atoms with Crippen LogP contribution in [0.1, 0.15) is 97.5 Å². The molecule has 4 aliphatic rings. The maximum atomic E-state index is 12.5. The Morgan fingerprint density at radius 1 is 1.03 bits per heavy atom. The number of benzene rings is 1. The fourth-order valence-corrected chi connectivity index (χ4v) is 10.7. The summed E-state index contributed by atoms with van der Waals surface area (Å²) in [7, 11) is 0. The molecule has 0 spiro atoms. The Morgan fingerprint density at radius 2 is 1.74 bits per heavy atom. The highest BCUT2D eigenvalue weighted by Gasteiger charge is 2.66. The molecule has 0 bridgehead atoms. The molecule has 4 saturated carbocycles. The number of aliphatic hydroxyl groups excluding tert-OH is 2. The van der Waals surface area contributed by atoms with Gasteiger partial charge < -0.3 is 20.4 Å². The summed E-state index contributed by atoms with van der Waals surface area (Å²) < 4.78 is 0. The lowest BCUT2D eigenvalue weighted by Gasteiger charge is -2.66. The molecule has 5 rings (SSSR count). The molecule has 38 heavy (non-hydrogen) atoms. The normalized spacial score (nSPS) is 44.8. The summed E-state index contributed by atoms with van der Waals surface area (Å²) in [5.74, 6) is 1.28. The smallest absolute Gasteiger partial charge is 0.303 e. The van der Waals surface area contributed by atoms with E-state index in [2.05, 4.69) is 39.8 Å². The van der Waals surface area contributed by atoms with Crippen LogP contribution in [0, 0.1) is 52.3 Å². The quantitative estimate of drug-likeness (QED) is 0.349. The van der Waals surface area contributed by atoms with Crippen LogP contribution in [0.5, 0.6) is 0 Å². The predicted octanol–water partition coefficient (Wildman–Crippen LogP) is 6.00. The topological polar surface area (TPSA) is 98.0 Å². The van der Waals surface area contributed by atoms with E-state index in [1.165, 1.54) is 0 Å². The molecule has 2 unspecified atom stereocenters. The minimum absolute atomic E-state index is 0.0277. The van der Waals surface area contributed by atoms with Gasteiger partial charge in [-0.25, -0.2) is 0 Å². The molecule has 0 amide bonds. The number of aliphatic carboxylic acids is 1. The molecule has 1 aromatic rings. The molecule has 5 heteroatoms. The first kappa shape index (κ1) is 28.1. The zero-order valence-corrected chi connectivity index (χ0v) is 23.9. The van der Waals surface area contributed by atoms with Crippen molar-refractivity contribution in [2.24, 2.45) is 52.3 Å². The molecule has 4 N–H and O–H groups in total. The number of carboxylic acids is 1. The van der Waals surface area contributed by atoms with Crippen LogP contribution in [0.3, 0.4) is 0 Å². The van der Waals surface area contributed by atoms with Crippen LogP contribution in [0.2, 0.25) is 0 Å². The second-order valence-corrected chi connectivity index (χ2v) is 14.1. The Kier molecular flexibility index (Phi) is 7.54. The summed E-state index contributed by atoms with van der Waals surface area (Å²) >= 11 is 0. The zero-order valence-electron chi connectivity index (χ0n) is 23.9. The van der Waals surface area contributed by atoms with Gasteiger partial charge in [0.2, 0.25) is 0 Å². The number of hydrogen-bond donors (Lipinski definition) is 4. The van der Waals surface area contributed by atoms with Crippen molar-refractivity contribution in [3.8, 4) is 0 Å². The van der Waals surface area contributed by atoms with Crippen molar-refractivity contribution >= 4 is 5.97 Å². The molecular formula is C33H50O5. The third-order valence-electron chi connectivity index (χ3n) is 12.8. The first-order valence-electron chi connectivity index (χ1n) is 15.3. The van der Waals surface area contributed by atoms with Crippen LogP contribution in [-0.4, -0.2) is 38.6 Å². The van der Waals surface area contributed by atoms with Gasteiger partial charge >= 0.3 is 5.97 Å². The number of carbonyl (C=O) groups is 1. The lowest BCUT2D eigenvalue weighted by atomic mass is 9.40. The minimum atomic E-state index is -0.950. The second kappa shape index (κ2) is 10.2. The van der Waals surface area contributed by atoms with Gasteiger partial charge in [0.15, 0.2) is 0 Å². The summed E-state index contributed by atoms with van der Waals surface area (Å²) in [6.07, 6.45) is 7.07. The number of rotatable bonds is 7. The molecule has 0 saturated heterocycles. The van der Waals surface area contributed by atoms with Gasteiger partial charge in [0, 0.05) is 6.42 Å². The maximum absolute atomic E-state index is 12.5. The predicted molar refractivity (Wildman–Crippen MR) is 148 cm³/mol. The Balaban J connectivity index is 1.53. The van der Waals surface area contributed by atoms with Crippen molar-refractivity contribution in [3.05, 3.63) is 35.9 Å². The number of hydrogen-bond acceptors (Lipinski definition) is 4. The summed E-state index contributed by atoms with van der Waals surface area (Å²) in [4.78, 5) is 11.3. The summed E-state index contributed by atoms with van der Waals surface area (Å²) in [6, 6.07) is 10.2. The average molecular weight is 527 g/mol. The van der Waals surface area contributed by atoms with Crippen molar-refractivity contribution in [1.29, 1.82) is 0 Å². The fourth-order valence-electron chi connectivity index (χ4n) is 10.7. The molecule has 12 atom stereocenters. The maximum Gasteiger partial charge on any atom is 0.303 e. The molecule has 4 fully saturated rings. The summed E-state index contributed by atoms with van der Waals surface area (Å²) in [5.41, 5.74) is -0.217. The van der Waals surface area contributed by atoms with Crippen molar-refractivity contribution in [3.63, 3.8) is 0 Å². The highest BCUT2D eigenvalue weighted by atomic mass is 16.4. The lowest BCUT2D eigenvalue weighted by molar-refractivity contribution is -0.218. The Morgan fingerprint density at radius 3 is 2.39 bits per heavy atom. The molecule has 212 valence electrons. The van der Waals surface area contributed by atoms with E-state index in [0.717, 1.165) is 50.5 Å². The van der Waals surface area contributed by atoms with Gasteiger partial charge in [-0.05, 0) is 116 Å². The summed E-state index contributed by atoms with van der Waals surface area (Å²) in [6.45, 7) is 8.99. The number of fused-ring (bicyclic) bond motifs is 5. The van der Waals surface area contributed by atoms with Gasteiger partial charge in [0.1, 0.15) is 0 Å². The highest BCUT2D eigenvalue weighted by molar-refractivity contribution is 5.66. The Labute approximate surface area is 229 Å². The van der Waals surface area contributed by atoms with E-state index in [1.807, 2.05) is 18.2 Å². The van der Waals surface area contributed by atoms with Crippen LogP contribution < -0.4 is 0 Å². The van der Waals surface area contributed by atoms with Crippen LogP contribution >= 0.6 is 0 Å². The van der Waals surface area contributed by atoms with Crippen molar-refractivity contribution in [1.82, 2.24) is 0 Å². The Hall–Kier alpha value is -1.43. The minimum Gasteiger partial charge on any atom is -0.481 e. The van der Waals surface area contributed by atoms with Crippen LogP contribution in [-0.2, 0) is 10.4 Å². The fraction of sp³-hybridized carbons (Fsp3) is 0.788. The third kappa shape index (κ3) is 4.27. The first-order valence-corrected chi connectivity index (χ1v) is 15.3. The molecular weight excluding hydrogens is 476 g/mol. The largest absolute Gasteiger partial charge is 0.481 e. The lowest BCUT2D eigenvalue weighted by Crippen LogP contribution is -2.63. The van der Waals surface area contributed by atoms with Gasteiger partial charge in [0.05, 0.1) is 17.8 Å². The first-order chi connectivity index (χ1) is 18.0. The van der Waals surface area contributed by atoms with E-state index in [9.17, 15) is 25.2 Å². The van der Waals surface area contributed by atoms with Crippen LogP contribution in [0.15, 0.2) is 30.3 Å². The van der Waals surface area contributed by atoms with Gasteiger partial charge in [-0.3, -0.25) is 4.79 Å². The molecule has 0 heterocycles. The second-order valence-electron chi connectivity index (χ2n) is 14.1. The van der Waals surface area contributed by atoms with Gasteiger partial charge in [0.25, 0.3) is 0 Å². The molecule has 0 radical (unpaired) electrons. The number of carboxylic acid groups (broad SMARTS) is 1. The van der Waals surface area contributed by atoms with Crippen molar-refractivity contribution in [2.45, 2.75) is 110 Å². The highest BCUT2D eigenvalue weighted by Crippen LogP contribution is 2.70. The van der Waals surface area contributed by atoms with Gasteiger partial charge in [-0.2, -0.15) is 0 Å². The Bertz CT molecular complexity index is 996. The van der Waals surface area contributed by atoms with E-state index in [1.54, 1.807) is 0 Å². The van der Waals surface area contributed by atoms with Crippen LogP contribution in [0.25, 0.3) is 0 Å². The van der Waals surface area contributed by atoms with E-state index >= 15 is 0 Å². The van der Waals surface area contributed by atoms with E-state index in [0.29, 0.717) is 36.5 Å². The SMILES string of the molecule is CCC(O)(c1ccccc1)C1C[C@@H]2[C@H](C[C@H](O)[C@]3(C)[C@@H]([C@H](C)CCC(=O)O)CC[C@@H]23)[C@@]2(C)CC[C@@H](O)C[C@@H]12. The van der Waals surface area contributed by atoms with E-state index < -0.39 is 17.7 Å². The molecule has 0 aliphatic heterocycles. The molecule has 1 aromatic carbocycles. The van der Waals surface area contributed by atoms with Crippen molar-refractivity contribution in [2.75, 3.05) is 0 Å². The monoisotopic (exact) mass is 526 g/mol. The summed E-state index contributed by atoms with van der Waals surface area (Å²) in [5, 5.41) is 44.5. The van der Waals surface area contributed by atoms with Gasteiger partial charge in [-0.1, -0.05) is 58.0 Å². The number of aliphatic hydroxyl groups is 3. The standard InChI is InChI=1S/C33H50O5/c1-5-33(38,21-9-7-6-8-10-21)28-18-23-25-13-12-24(20(2)11-14-30(36)37)32(25,4)29(35)19-26(23)31(3)16-15-22(34)17-27(28)31/h6-10,20,22-29,34-35,38H,5,11-19H2,1-4H3,(H,36,37)/t20-,22-,23+,24-,25+,26+,27+,28?,29+,31-,32-,33?/m1/s1. The molecule has 4 aliphatic carbocycles. The van der Waals surface area contributed by atoms with Gasteiger partial charge in [-0.15, -0.1) is 0 Å². The third-order valence-corrected chi connectivity index (χ3v) is 12.8. The van der Waals surface area contributed by atoms with E-state index in [4.69, 9.17) is 0 Å². The van der Waals surface area contributed by atoms with Crippen molar-refractivity contribution < 1.29 is 25.2 Å². The van der Waals surface area contributed by atoms with Crippen LogP contribution in [0.4, 0.5) is 0 Å².